The zero-order valence-electron chi connectivity index (χ0n) is 16.6. The number of carbonyl (C=O) groups excluding carboxylic acids is 2. The first-order chi connectivity index (χ1) is 14.1. The minimum absolute atomic E-state index is 0.0889. The molecule has 152 valence electrons. The van der Waals surface area contributed by atoms with Gasteiger partial charge in [-0.1, -0.05) is 12.1 Å². The monoisotopic (exact) mass is 394 g/mol. The molecular formula is C22H26N4O3. The van der Waals surface area contributed by atoms with Crippen molar-refractivity contribution in [3.63, 3.8) is 0 Å². The zero-order chi connectivity index (χ0) is 20.2. The normalized spacial score (nSPS) is 18.4. The number of pyridine rings is 1. The van der Waals surface area contributed by atoms with Gasteiger partial charge in [0.05, 0.1) is 5.69 Å². The average molecular weight is 394 g/mol. The number of aromatic nitrogens is 1. The molecule has 2 aliphatic rings. The highest BCUT2D eigenvalue weighted by Gasteiger charge is 2.31. The van der Waals surface area contributed by atoms with Crippen molar-refractivity contribution in [2.24, 2.45) is 0 Å². The third-order valence-corrected chi connectivity index (χ3v) is 5.37. The summed E-state index contributed by atoms with van der Waals surface area (Å²) in [5, 5.41) is 2.95. The maximum atomic E-state index is 12.5. The molecule has 0 bridgehead atoms. The Morgan fingerprint density at radius 3 is 2.86 bits per heavy atom. The lowest BCUT2D eigenvalue weighted by Crippen LogP contribution is -2.45. The van der Waals surface area contributed by atoms with Gasteiger partial charge in [0, 0.05) is 38.8 Å². The minimum Gasteiger partial charge on any atom is -0.479 e. The average Bonchev–Trinajstić information content (AvgIpc) is 3.28. The molecule has 0 spiro atoms. The second-order valence-electron chi connectivity index (χ2n) is 7.46. The van der Waals surface area contributed by atoms with Crippen molar-refractivity contribution in [3.05, 3.63) is 48.2 Å². The number of benzene rings is 1. The van der Waals surface area contributed by atoms with Crippen LogP contribution in [0.1, 0.15) is 31.7 Å². The fourth-order valence-corrected chi connectivity index (χ4v) is 3.78. The number of amides is 2. The summed E-state index contributed by atoms with van der Waals surface area (Å²) in [5.74, 6) is 1.43. The van der Waals surface area contributed by atoms with Gasteiger partial charge in [-0.15, -0.1) is 0 Å². The molecule has 1 fully saturated rings. The van der Waals surface area contributed by atoms with E-state index in [0.717, 1.165) is 24.5 Å². The van der Waals surface area contributed by atoms with Gasteiger partial charge in [-0.25, -0.2) is 4.98 Å². The molecule has 29 heavy (non-hydrogen) atoms. The Bertz CT molecular complexity index is 895. The maximum Gasteiger partial charge on any atom is 0.267 e. The van der Waals surface area contributed by atoms with E-state index in [0.29, 0.717) is 24.5 Å². The fraction of sp³-hybridized carbons (Fsp3) is 0.409. The van der Waals surface area contributed by atoms with Gasteiger partial charge >= 0.3 is 0 Å². The van der Waals surface area contributed by atoms with E-state index >= 15 is 0 Å². The topological polar surface area (TPSA) is 74.8 Å². The van der Waals surface area contributed by atoms with Crippen molar-refractivity contribution in [1.29, 1.82) is 0 Å². The molecule has 2 aliphatic heterocycles. The van der Waals surface area contributed by atoms with E-state index in [1.807, 2.05) is 36.4 Å². The number of ether oxygens (including phenoxy) is 1. The summed E-state index contributed by atoms with van der Waals surface area (Å²) in [5.41, 5.74) is 1.74. The van der Waals surface area contributed by atoms with Gasteiger partial charge in [0.2, 0.25) is 5.91 Å². The second-order valence-corrected chi connectivity index (χ2v) is 7.46. The molecule has 1 N–H and O–H groups in total. The quantitative estimate of drug-likeness (QED) is 0.815. The van der Waals surface area contributed by atoms with Crippen LogP contribution in [0.25, 0.3) is 0 Å². The Hall–Kier alpha value is -3.09. The van der Waals surface area contributed by atoms with Crippen LogP contribution in [0.5, 0.6) is 5.75 Å². The molecule has 2 amide bonds. The van der Waals surface area contributed by atoms with E-state index in [1.54, 1.807) is 18.0 Å². The van der Waals surface area contributed by atoms with Crippen LogP contribution in [0.3, 0.4) is 0 Å². The van der Waals surface area contributed by atoms with Gasteiger partial charge in [-0.2, -0.15) is 0 Å². The van der Waals surface area contributed by atoms with Crippen molar-refractivity contribution < 1.29 is 14.3 Å². The van der Waals surface area contributed by atoms with Crippen LogP contribution in [-0.4, -0.2) is 42.5 Å². The smallest absolute Gasteiger partial charge is 0.267 e. The van der Waals surface area contributed by atoms with Gasteiger partial charge in [-0.05, 0) is 49.6 Å². The van der Waals surface area contributed by atoms with E-state index < -0.39 is 6.10 Å². The van der Waals surface area contributed by atoms with Crippen LogP contribution in [0.2, 0.25) is 0 Å². The Labute approximate surface area is 170 Å². The number of carbonyl (C=O) groups is 2. The van der Waals surface area contributed by atoms with E-state index in [-0.39, 0.29) is 18.2 Å². The number of para-hydroxylation sites is 2. The number of nitrogens with one attached hydrogen (secondary N) is 1. The SMILES string of the molecule is CC1Oc2ccccc2N(CCC(=O)NCc2ccnc(N3CCCC3)c2)C1=O. The first-order valence-electron chi connectivity index (χ1n) is 10.2. The van der Waals surface area contributed by atoms with Crippen molar-refractivity contribution in [1.82, 2.24) is 10.3 Å². The highest BCUT2D eigenvalue weighted by atomic mass is 16.5. The second kappa shape index (κ2) is 8.51. The summed E-state index contributed by atoms with van der Waals surface area (Å²) in [6.07, 6.45) is 3.88. The molecule has 2 aromatic rings. The van der Waals surface area contributed by atoms with Gasteiger partial charge < -0.3 is 19.9 Å². The number of hydrogen-bond acceptors (Lipinski definition) is 5. The number of anilines is 2. The predicted molar refractivity (Wildman–Crippen MR) is 111 cm³/mol. The number of fused-ring (bicyclic) bond motifs is 1. The van der Waals surface area contributed by atoms with Crippen molar-refractivity contribution in [3.8, 4) is 5.75 Å². The third kappa shape index (κ3) is 4.34. The molecule has 0 saturated carbocycles. The molecule has 1 saturated heterocycles. The molecule has 3 heterocycles. The minimum atomic E-state index is -0.547. The van der Waals surface area contributed by atoms with Crippen LogP contribution in [-0.2, 0) is 16.1 Å². The van der Waals surface area contributed by atoms with E-state index in [9.17, 15) is 9.59 Å². The summed E-state index contributed by atoms with van der Waals surface area (Å²) in [7, 11) is 0. The summed E-state index contributed by atoms with van der Waals surface area (Å²) in [4.78, 5) is 33.2. The van der Waals surface area contributed by atoms with E-state index in [1.165, 1.54) is 12.8 Å². The molecule has 1 unspecified atom stereocenters. The molecule has 1 aromatic heterocycles. The van der Waals surface area contributed by atoms with Crippen LogP contribution in [0, 0.1) is 0 Å². The highest BCUT2D eigenvalue weighted by molar-refractivity contribution is 6.00. The lowest BCUT2D eigenvalue weighted by molar-refractivity contribution is -0.125. The van der Waals surface area contributed by atoms with Crippen molar-refractivity contribution in [2.75, 3.05) is 29.4 Å². The van der Waals surface area contributed by atoms with Crippen LogP contribution < -0.4 is 19.9 Å². The Morgan fingerprint density at radius 2 is 2.03 bits per heavy atom. The van der Waals surface area contributed by atoms with Crippen molar-refractivity contribution in [2.45, 2.75) is 38.8 Å². The molecule has 7 nitrogen and oxygen atoms in total. The molecule has 7 heteroatoms. The van der Waals surface area contributed by atoms with E-state index in [2.05, 4.69) is 15.2 Å². The Kier molecular flexibility index (Phi) is 5.64. The van der Waals surface area contributed by atoms with Crippen LogP contribution in [0.15, 0.2) is 42.6 Å². The summed E-state index contributed by atoms with van der Waals surface area (Å²) >= 11 is 0. The zero-order valence-corrected chi connectivity index (χ0v) is 16.6. The summed E-state index contributed by atoms with van der Waals surface area (Å²) in [6.45, 7) is 4.58. The Morgan fingerprint density at radius 1 is 1.24 bits per heavy atom. The fourth-order valence-electron chi connectivity index (χ4n) is 3.78. The summed E-state index contributed by atoms with van der Waals surface area (Å²) in [6, 6.07) is 11.4. The molecule has 1 aromatic carbocycles. The molecule has 4 rings (SSSR count). The van der Waals surface area contributed by atoms with Crippen LogP contribution >= 0.6 is 0 Å². The first-order valence-corrected chi connectivity index (χ1v) is 10.2. The molecule has 0 aliphatic carbocycles. The third-order valence-electron chi connectivity index (χ3n) is 5.37. The highest BCUT2D eigenvalue weighted by Crippen LogP contribution is 2.33. The van der Waals surface area contributed by atoms with Crippen LogP contribution in [0.4, 0.5) is 11.5 Å². The van der Waals surface area contributed by atoms with Gasteiger partial charge in [0.1, 0.15) is 11.6 Å². The number of hydrogen-bond donors (Lipinski definition) is 1. The van der Waals surface area contributed by atoms with Crippen molar-refractivity contribution >= 4 is 23.3 Å². The number of rotatable bonds is 6. The molecular weight excluding hydrogens is 368 g/mol. The lowest BCUT2D eigenvalue weighted by Gasteiger charge is -2.32. The standard InChI is InChI=1S/C22H26N4O3/c1-16-22(28)26(18-6-2-3-7-19(18)29-16)13-9-21(27)24-15-17-8-10-23-20(14-17)25-11-4-5-12-25/h2-3,6-8,10,14,16H,4-5,9,11-13,15H2,1H3,(H,24,27). The van der Waals surface area contributed by atoms with Gasteiger partial charge in [-0.3, -0.25) is 9.59 Å². The Balaban J connectivity index is 1.33. The summed E-state index contributed by atoms with van der Waals surface area (Å²) < 4.78 is 5.64. The lowest BCUT2D eigenvalue weighted by atomic mass is 10.1. The van der Waals surface area contributed by atoms with Gasteiger partial charge in [0.25, 0.3) is 5.91 Å². The van der Waals surface area contributed by atoms with E-state index in [4.69, 9.17) is 4.74 Å². The molecule has 0 radical (unpaired) electrons. The number of nitrogens with zero attached hydrogens (tertiary/aromatic N) is 3. The first kappa shape index (κ1) is 19.2. The van der Waals surface area contributed by atoms with Gasteiger partial charge in [0.15, 0.2) is 6.10 Å². The largest absolute Gasteiger partial charge is 0.479 e. The maximum absolute atomic E-state index is 12.5. The predicted octanol–water partition coefficient (Wildman–Crippen LogP) is 2.50. The molecule has 1 atom stereocenters.